The molecule has 0 amide bonds. The minimum absolute atomic E-state index is 0.241. The molecule has 0 fully saturated rings. The van der Waals surface area contributed by atoms with Gasteiger partial charge in [-0.2, -0.15) is 0 Å². The summed E-state index contributed by atoms with van der Waals surface area (Å²) in [6, 6.07) is 5.04. The van der Waals surface area contributed by atoms with Crippen LogP contribution in [0.3, 0.4) is 0 Å². The number of nitrogens with zero attached hydrogens (tertiary/aromatic N) is 1. The Morgan fingerprint density at radius 1 is 1.53 bits per heavy atom. The minimum Gasteiger partial charge on any atom is -0.392 e. The summed E-state index contributed by atoms with van der Waals surface area (Å²) in [5, 5.41) is 0. The fraction of sp³-hybridized carbons (Fsp3) is 0.417. The summed E-state index contributed by atoms with van der Waals surface area (Å²) >= 11 is 8.17. The maximum atomic E-state index is 13.4. The van der Waals surface area contributed by atoms with E-state index in [1.165, 1.54) is 6.07 Å². The van der Waals surface area contributed by atoms with E-state index in [0.29, 0.717) is 22.6 Å². The third-order valence-corrected chi connectivity index (χ3v) is 3.36. The fourth-order valence-corrected chi connectivity index (χ4v) is 2.23. The van der Waals surface area contributed by atoms with Gasteiger partial charge in [-0.1, -0.05) is 31.3 Å². The van der Waals surface area contributed by atoms with Crippen LogP contribution in [0.2, 0.25) is 0 Å². The van der Waals surface area contributed by atoms with E-state index < -0.39 is 0 Å². The molecule has 2 nitrogen and oxygen atoms in total. The van der Waals surface area contributed by atoms with Crippen LogP contribution in [0.15, 0.2) is 22.7 Å². The molecule has 0 heterocycles. The molecule has 0 aliphatic carbocycles. The third kappa shape index (κ3) is 4.69. The second kappa shape index (κ2) is 7.03. The van der Waals surface area contributed by atoms with Gasteiger partial charge in [0.15, 0.2) is 0 Å². The van der Waals surface area contributed by atoms with E-state index in [2.05, 4.69) is 27.8 Å². The molecule has 17 heavy (non-hydrogen) atoms. The van der Waals surface area contributed by atoms with Gasteiger partial charge in [0.2, 0.25) is 0 Å². The van der Waals surface area contributed by atoms with Gasteiger partial charge in [-0.05, 0) is 40.5 Å². The highest BCUT2D eigenvalue weighted by Gasteiger charge is 2.10. The van der Waals surface area contributed by atoms with Gasteiger partial charge < -0.3 is 5.73 Å². The third-order valence-electron chi connectivity index (χ3n) is 2.34. The minimum atomic E-state index is -0.241. The van der Waals surface area contributed by atoms with E-state index in [-0.39, 0.29) is 5.82 Å². The second-order valence-electron chi connectivity index (χ2n) is 3.89. The highest BCUT2D eigenvalue weighted by molar-refractivity contribution is 9.10. The van der Waals surface area contributed by atoms with E-state index in [0.717, 1.165) is 18.5 Å². The van der Waals surface area contributed by atoms with Crippen molar-refractivity contribution in [3.63, 3.8) is 0 Å². The molecule has 0 aliphatic heterocycles. The molecule has 0 aromatic heterocycles. The molecule has 5 heteroatoms. The van der Waals surface area contributed by atoms with Crippen LogP contribution in [-0.2, 0) is 6.54 Å². The SMILES string of the molecule is CCCN(CC(N)=S)Cc1cccc(F)c1Br. The molecule has 94 valence electrons. The predicted octanol–water partition coefficient (Wildman–Crippen LogP) is 3.09. The molecule has 0 spiro atoms. The van der Waals surface area contributed by atoms with Crippen molar-refractivity contribution in [3.8, 4) is 0 Å². The van der Waals surface area contributed by atoms with Crippen molar-refractivity contribution < 1.29 is 4.39 Å². The zero-order valence-corrected chi connectivity index (χ0v) is 12.2. The van der Waals surface area contributed by atoms with Crippen molar-refractivity contribution in [1.82, 2.24) is 4.90 Å². The maximum Gasteiger partial charge on any atom is 0.137 e. The molecule has 0 atom stereocenters. The molecule has 1 rings (SSSR count). The first kappa shape index (κ1) is 14.5. The monoisotopic (exact) mass is 318 g/mol. The lowest BCUT2D eigenvalue weighted by atomic mass is 10.2. The molecule has 0 radical (unpaired) electrons. The van der Waals surface area contributed by atoms with Crippen LogP contribution in [0.25, 0.3) is 0 Å². The summed E-state index contributed by atoms with van der Waals surface area (Å²) in [7, 11) is 0. The first-order chi connectivity index (χ1) is 8.04. The second-order valence-corrected chi connectivity index (χ2v) is 5.21. The summed E-state index contributed by atoms with van der Waals surface area (Å²) in [4.78, 5) is 2.58. The number of nitrogens with two attached hydrogens (primary N) is 1. The molecular formula is C12H16BrFN2S. The number of thiocarbonyl (C=S) groups is 1. The lowest BCUT2D eigenvalue weighted by Gasteiger charge is -2.21. The summed E-state index contributed by atoms with van der Waals surface area (Å²) < 4.78 is 13.9. The van der Waals surface area contributed by atoms with Crippen LogP contribution in [0.4, 0.5) is 4.39 Å². The van der Waals surface area contributed by atoms with Crippen LogP contribution in [0.5, 0.6) is 0 Å². The molecule has 0 aliphatic rings. The Morgan fingerprint density at radius 3 is 2.82 bits per heavy atom. The van der Waals surface area contributed by atoms with Crippen molar-refractivity contribution in [1.29, 1.82) is 0 Å². The molecule has 1 aromatic rings. The first-order valence-corrected chi connectivity index (χ1v) is 6.68. The Morgan fingerprint density at radius 2 is 2.24 bits per heavy atom. The molecule has 0 unspecified atom stereocenters. The Bertz CT molecular complexity index is 398. The smallest absolute Gasteiger partial charge is 0.137 e. The molecule has 0 bridgehead atoms. The number of halogens is 2. The summed E-state index contributed by atoms with van der Waals surface area (Å²) in [6.45, 7) is 4.18. The average Bonchev–Trinajstić information content (AvgIpc) is 2.24. The van der Waals surface area contributed by atoms with E-state index >= 15 is 0 Å². The predicted molar refractivity (Wildman–Crippen MR) is 76.5 cm³/mol. The number of hydrogen-bond donors (Lipinski definition) is 1. The van der Waals surface area contributed by atoms with Gasteiger partial charge in [-0.25, -0.2) is 4.39 Å². The van der Waals surface area contributed by atoms with Crippen molar-refractivity contribution in [3.05, 3.63) is 34.1 Å². The van der Waals surface area contributed by atoms with E-state index in [4.69, 9.17) is 18.0 Å². The van der Waals surface area contributed by atoms with Gasteiger partial charge in [0, 0.05) is 13.1 Å². The van der Waals surface area contributed by atoms with Gasteiger partial charge in [0.1, 0.15) is 5.82 Å². The lowest BCUT2D eigenvalue weighted by molar-refractivity contribution is 0.303. The van der Waals surface area contributed by atoms with Gasteiger partial charge in [0.25, 0.3) is 0 Å². The van der Waals surface area contributed by atoms with E-state index in [1.807, 2.05) is 6.07 Å². The number of rotatable bonds is 6. The summed E-state index contributed by atoms with van der Waals surface area (Å²) in [5.74, 6) is -0.241. The van der Waals surface area contributed by atoms with E-state index in [1.54, 1.807) is 6.07 Å². The van der Waals surface area contributed by atoms with Crippen LogP contribution in [-0.4, -0.2) is 23.0 Å². The fourth-order valence-electron chi connectivity index (χ4n) is 1.66. The Balaban J connectivity index is 2.78. The zero-order valence-electron chi connectivity index (χ0n) is 9.75. The van der Waals surface area contributed by atoms with Crippen LogP contribution < -0.4 is 5.73 Å². The van der Waals surface area contributed by atoms with Crippen LogP contribution in [0, 0.1) is 5.82 Å². The number of hydrogen-bond acceptors (Lipinski definition) is 2. The molecule has 0 saturated heterocycles. The highest BCUT2D eigenvalue weighted by Crippen LogP contribution is 2.21. The molecule has 1 aromatic carbocycles. The Hall–Kier alpha value is -0.520. The largest absolute Gasteiger partial charge is 0.392 e. The Labute approximate surface area is 115 Å². The van der Waals surface area contributed by atoms with Gasteiger partial charge in [-0.15, -0.1) is 0 Å². The molecule has 2 N–H and O–H groups in total. The van der Waals surface area contributed by atoms with Crippen molar-refractivity contribution in [2.24, 2.45) is 5.73 Å². The van der Waals surface area contributed by atoms with Crippen molar-refractivity contribution in [2.45, 2.75) is 19.9 Å². The first-order valence-electron chi connectivity index (χ1n) is 5.48. The highest BCUT2D eigenvalue weighted by atomic mass is 79.9. The normalized spacial score (nSPS) is 10.8. The van der Waals surface area contributed by atoms with E-state index in [9.17, 15) is 4.39 Å². The van der Waals surface area contributed by atoms with Crippen molar-refractivity contribution in [2.75, 3.05) is 13.1 Å². The average molecular weight is 319 g/mol. The standard InChI is InChI=1S/C12H16BrFN2S/c1-2-6-16(8-11(15)17)7-9-4-3-5-10(14)12(9)13/h3-5H,2,6-8H2,1H3,(H2,15,17). The van der Waals surface area contributed by atoms with Gasteiger partial charge >= 0.3 is 0 Å². The molecule has 0 saturated carbocycles. The maximum absolute atomic E-state index is 13.4. The van der Waals surface area contributed by atoms with Crippen LogP contribution >= 0.6 is 28.1 Å². The lowest BCUT2D eigenvalue weighted by Crippen LogP contribution is -2.33. The van der Waals surface area contributed by atoms with Gasteiger partial charge in [0.05, 0.1) is 9.46 Å². The number of benzene rings is 1. The van der Waals surface area contributed by atoms with Crippen LogP contribution in [0.1, 0.15) is 18.9 Å². The zero-order chi connectivity index (χ0) is 12.8. The summed E-state index contributed by atoms with van der Waals surface area (Å²) in [6.07, 6.45) is 1.01. The molecular weight excluding hydrogens is 303 g/mol. The quantitative estimate of drug-likeness (QED) is 0.817. The summed E-state index contributed by atoms with van der Waals surface area (Å²) in [5.41, 5.74) is 6.46. The topological polar surface area (TPSA) is 29.3 Å². The Kier molecular flexibility index (Phi) is 6.02. The van der Waals surface area contributed by atoms with Crippen molar-refractivity contribution >= 4 is 33.1 Å². The van der Waals surface area contributed by atoms with Gasteiger partial charge in [-0.3, -0.25) is 4.90 Å².